The van der Waals surface area contributed by atoms with E-state index in [-0.39, 0.29) is 6.04 Å². The van der Waals surface area contributed by atoms with E-state index in [1.54, 1.807) is 0 Å². The van der Waals surface area contributed by atoms with Gasteiger partial charge in [0.25, 0.3) is 0 Å². The molecular formula is C10H16BrNO. The van der Waals surface area contributed by atoms with Crippen molar-refractivity contribution in [2.75, 3.05) is 0 Å². The van der Waals surface area contributed by atoms with Gasteiger partial charge in [0.15, 0.2) is 4.67 Å². The van der Waals surface area contributed by atoms with Gasteiger partial charge in [-0.2, -0.15) is 0 Å². The Hall–Kier alpha value is -0.280. The fraction of sp³-hybridized carbons (Fsp3) is 0.600. The molecule has 2 N–H and O–H groups in total. The van der Waals surface area contributed by atoms with Crippen LogP contribution in [0.2, 0.25) is 0 Å². The van der Waals surface area contributed by atoms with E-state index in [0.29, 0.717) is 0 Å². The molecule has 0 radical (unpaired) electrons. The van der Waals surface area contributed by atoms with Crippen molar-refractivity contribution in [3.8, 4) is 0 Å². The van der Waals surface area contributed by atoms with Crippen LogP contribution in [0.25, 0.3) is 0 Å². The second-order valence-corrected chi connectivity index (χ2v) is 4.03. The van der Waals surface area contributed by atoms with Gasteiger partial charge in [0.1, 0.15) is 5.76 Å². The van der Waals surface area contributed by atoms with Crippen LogP contribution in [-0.4, -0.2) is 0 Å². The number of unbranched alkanes of at least 4 members (excludes halogenated alkanes) is 2. The molecule has 3 heteroatoms. The van der Waals surface area contributed by atoms with Gasteiger partial charge in [-0.25, -0.2) is 0 Å². The summed E-state index contributed by atoms with van der Waals surface area (Å²) in [6, 6.07) is 3.87. The van der Waals surface area contributed by atoms with E-state index >= 15 is 0 Å². The van der Waals surface area contributed by atoms with E-state index in [0.717, 1.165) is 16.9 Å². The Morgan fingerprint density at radius 1 is 1.46 bits per heavy atom. The quantitative estimate of drug-likeness (QED) is 0.806. The highest BCUT2D eigenvalue weighted by Gasteiger charge is 2.09. The minimum Gasteiger partial charge on any atom is -0.453 e. The Labute approximate surface area is 87.6 Å². The van der Waals surface area contributed by atoms with Gasteiger partial charge in [0.2, 0.25) is 0 Å². The summed E-state index contributed by atoms with van der Waals surface area (Å²) in [5, 5.41) is 0. The largest absolute Gasteiger partial charge is 0.453 e. The van der Waals surface area contributed by atoms with Gasteiger partial charge in [-0.1, -0.05) is 26.2 Å². The number of furan rings is 1. The highest BCUT2D eigenvalue weighted by molar-refractivity contribution is 9.10. The smallest absolute Gasteiger partial charge is 0.169 e. The Balaban J connectivity index is 2.35. The van der Waals surface area contributed by atoms with Crippen LogP contribution in [0.3, 0.4) is 0 Å². The SMILES string of the molecule is CCCCC[C@H](N)c1ccc(Br)o1. The molecule has 0 aliphatic carbocycles. The molecule has 2 nitrogen and oxygen atoms in total. The van der Waals surface area contributed by atoms with Crippen molar-refractivity contribution in [2.24, 2.45) is 5.73 Å². The maximum atomic E-state index is 5.93. The highest BCUT2D eigenvalue weighted by Crippen LogP contribution is 2.22. The van der Waals surface area contributed by atoms with E-state index < -0.39 is 0 Å². The van der Waals surface area contributed by atoms with Crippen LogP contribution >= 0.6 is 15.9 Å². The molecule has 1 aromatic rings. The minimum absolute atomic E-state index is 0.0536. The zero-order valence-corrected chi connectivity index (χ0v) is 9.51. The molecule has 1 aromatic heterocycles. The van der Waals surface area contributed by atoms with Crippen molar-refractivity contribution in [3.05, 3.63) is 22.6 Å². The Morgan fingerprint density at radius 2 is 2.23 bits per heavy atom. The third-order valence-electron chi connectivity index (χ3n) is 2.08. The van der Waals surface area contributed by atoms with E-state index in [1.165, 1.54) is 19.3 Å². The molecule has 0 fully saturated rings. The summed E-state index contributed by atoms with van der Waals surface area (Å²) in [6.45, 7) is 2.19. The van der Waals surface area contributed by atoms with Crippen LogP contribution in [-0.2, 0) is 0 Å². The average molecular weight is 246 g/mol. The average Bonchev–Trinajstić information content (AvgIpc) is 2.52. The molecule has 0 saturated carbocycles. The summed E-state index contributed by atoms with van der Waals surface area (Å²) in [5.41, 5.74) is 5.93. The predicted octanol–water partition coefficient (Wildman–Crippen LogP) is 3.62. The van der Waals surface area contributed by atoms with E-state index in [9.17, 15) is 0 Å². The highest BCUT2D eigenvalue weighted by atomic mass is 79.9. The second kappa shape index (κ2) is 5.45. The number of halogens is 1. The van der Waals surface area contributed by atoms with Crippen LogP contribution in [0.1, 0.15) is 44.4 Å². The normalized spacial score (nSPS) is 13.2. The first-order chi connectivity index (χ1) is 6.24. The molecule has 0 aromatic carbocycles. The number of nitrogens with two attached hydrogens (primary N) is 1. The summed E-state index contributed by atoms with van der Waals surface area (Å²) >= 11 is 3.26. The molecule has 1 heterocycles. The van der Waals surface area contributed by atoms with Crippen LogP contribution in [0, 0.1) is 0 Å². The third kappa shape index (κ3) is 3.53. The molecule has 0 unspecified atom stereocenters. The summed E-state index contributed by atoms with van der Waals surface area (Å²) in [5.74, 6) is 0.878. The maximum Gasteiger partial charge on any atom is 0.169 e. The molecule has 13 heavy (non-hydrogen) atoms. The predicted molar refractivity (Wildman–Crippen MR) is 57.5 cm³/mol. The zero-order valence-electron chi connectivity index (χ0n) is 7.92. The van der Waals surface area contributed by atoms with Gasteiger partial charge in [-0.05, 0) is 34.5 Å². The lowest BCUT2D eigenvalue weighted by Gasteiger charge is -2.07. The summed E-state index contributed by atoms with van der Waals surface area (Å²) in [6.07, 6.45) is 4.66. The molecule has 0 aliphatic heterocycles. The van der Waals surface area contributed by atoms with Crippen molar-refractivity contribution >= 4 is 15.9 Å². The monoisotopic (exact) mass is 245 g/mol. The van der Waals surface area contributed by atoms with Crippen molar-refractivity contribution < 1.29 is 4.42 Å². The van der Waals surface area contributed by atoms with Gasteiger partial charge < -0.3 is 10.2 Å². The molecule has 0 aliphatic rings. The van der Waals surface area contributed by atoms with E-state index in [2.05, 4.69) is 22.9 Å². The lowest BCUT2D eigenvalue weighted by atomic mass is 10.1. The topological polar surface area (TPSA) is 39.2 Å². The molecule has 1 atom stereocenters. The van der Waals surface area contributed by atoms with Crippen molar-refractivity contribution in [1.82, 2.24) is 0 Å². The van der Waals surface area contributed by atoms with Crippen molar-refractivity contribution in [3.63, 3.8) is 0 Å². The van der Waals surface area contributed by atoms with Gasteiger partial charge in [-0.15, -0.1) is 0 Å². The molecule has 0 spiro atoms. The second-order valence-electron chi connectivity index (χ2n) is 3.24. The van der Waals surface area contributed by atoms with Crippen LogP contribution in [0.15, 0.2) is 21.2 Å². The van der Waals surface area contributed by atoms with Gasteiger partial charge in [-0.3, -0.25) is 0 Å². The lowest BCUT2D eigenvalue weighted by molar-refractivity contribution is 0.428. The van der Waals surface area contributed by atoms with Gasteiger partial charge in [0, 0.05) is 0 Å². The van der Waals surface area contributed by atoms with E-state index in [1.807, 2.05) is 12.1 Å². The fourth-order valence-electron chi connectivity index (χ4n) is 1.28. The van der Waals surface area contributed by atoms with Crippen molar-refractivity contribution in [1.29, 1.82) is 0 Å². The number of rotatable bonds is 5. The minimum atomic E-state index is 0.0536. The molecule has 1 rings (SSSR count). The first kappa shape index (κ1) is 10.8. The van der Waals surface area contributed by atoms with E-state index in [4.69, 9.17) is 10.2 Å². The maximum absolute atomic E-state index is 5.93. The fourth-order valence-corrected chi connectivity index (χ4v) is 1.60. The Kier molecular flexibility index (Phi) is 4.53. The van der Waals surface area contributed by atoms with Gasteiger partial charge >= 0.3 is 0 Å². The van der Waals surface area contributed by atoms with Crippen LogP contribution in [0.4, 0.5) is 0 Å². The first-order valence-electron chi connectivity index (χ1n) is 4.75. The summed E-state index contributed by atoms with van der Waals surface area (Å²) < 4.78 is 6.13. The molecule has 0 amide bonds. The van der Waals surface area contributed by atoms with Crippen LogP contribution in [0.5, 0.6) is 0 Å². The number of hydrogen-bond donors (Lipinski definition) is 1. The summed E-state index contributed by atoms with van der Waals surface area (Å²) in [4.78, 5) is 0. The summed E-state index contributed by atoms with van der Waals surface area (Å²) in [7, 11) is 0. The zero-order chi connectivity index (χ0) is 9.68. The molecule has 0 bridgehead atoms. The standard InChI is InChI=1S/C10H16BrNO/c1-2-3-4-5-8(12)9-6-7-10(11)13-9/h6-8H,2-5,12H2,1H3/t8-/m0/s1. The molecular weight excluding hydrogens is 230 g/mol. The third-order valence-corrected chi connectivity index (χ3v) is 2.50. The van der Waals surface area contributed by atoms with Crippen LogP contribution < -0.4 is 5.73 Å². The Morgan fingerprint density at radius 3 is 2.77 bits per heavy atom. The lowest BCUT2D eigenvalue weighted by Crippen LogP contribution is -2.08. The molecule has 74 valence electrons. The Bertz CT molecular complexity index is 247. The number of hydrogen-bond acceptors (Lipinski definition) is 2. The first-order valence-corrected chi connectivity index (χ1v) is 5.54. The van der Waals surface area contributed by atoms with Crippen molar-refractivity contribution in [2.45, 2.75) is 38.6 Å². The molecule has 0 saturated heterocycles. The van der Waals surface area contributed by atoms with Gasteiger partial charge in [0.05, 0.1) is 6.04 Å².